The maximum absolute atomic E-state index is 12.5. The summed E-state index contributed by atoms with van der Waals surface area (Å²) in [7, 11) is 0. The third-order valence-electron chi connectivity index (χ3n) is 3.57. The van der Waals surface area contributed by atoms with Crippen LogP contribution in [0.25, 0.3) is 0 Å². The number of carbonyl (C=O) groups is 2. The average Bonchev–Trinajstić information content (AvgIpc) is 2.40. The first-order valence-electron chi connectivity index (χ1n) is 8.89. The van der Waals surface area contributed by atoms with Gasteiger partial charge < -0.3 is 9.47 Å². The van der Waals surface area contributed by atoms with Crippen LogP contribution in [0.1, 0.15) is 61.8 Å². The van der Waals surface area contributed by atoms with Crippen LogP contribution in [0.5, 0.6) is 0 Å². The number of ether oxygens (including phenoxy) is 2. The van der Waals surface area contributed by atoms with Gasteiger partial charge in [0.2, 0.25) is 0 Å². The molecule has 2 unspecified atom stereocenters. The molecule has 0 heterocycles. The molecule has 23 heavy (non-hydrogen) atoms. The van der Waals surface area contributed by atoms with E-state index in [0.717, 1.165) is 0 Å². The second-order valence-corrected chi connectivity index (χ2v) is 8.05. The van der Waals surface area contributed by atoms with Crippen molar-refractivity contribution in [3.8, 4) is 0 Å². The van der Waals surface area contributed by atoms with Gasteiger partial charge in [-0.2, -0.15) is 0 Å². The van der Waals surface area contributed by atoms with Crippen molar-refractivity contribution in [2.75, 3.05) is 13.2 Å². The van der Waals surface area contributed by atoms with Gasteiger partial charge in [-0.1, -0.05) is 55.4 Å². The van der Waals surface area contributed by atoms with Gasteiger partial charge in [0.15, 0.2) is 0 Å². The van der Waals surface area contributed by atoms with E-state index in [1.807, 2.05) is 41.5 Å². The molecule has 0 radical (unpaired) electrons. The molecule has 0 spiro atoms. The monoisotopic (exact) mass is 328 g/mol. The van der Waals surface area contributed by atoms with Crippen LogP contribution in [0.4, 0.5) is 0 Å². The molecule has 0 rings (SSSR count). The minimum Gasteiger partial charge on any atom is -0.465 e. The molecule has 0 saturated carbocycles. The predicted molar refractivity (Wildman–Crippen MR) is 92.9 cm³/mol. The van der Waals surface area contributed by atoms with Gasteiger partial charge in [-0.05, 0) is 30.1 Å². The van der Waals surface area contributed by atoms with Crippen LogP contribution >= 0.6 is 0 Å². The van der Waals surface area contributed by atoms with E-state index in [1.165, 1.54) is 0 Å². The van der Waals surface area contributed by atoms with Crippen LogP contribution in [0.2, 0.25) is 0 Å². The van der Waals surface area contributed by atoms with Gasteiger partial charge >= 0.3 is 11.9 Å². The summed E-state index contributed by atoms with van der Waals surface area (Å²) in [5, 5.41) is 0. The Labute approximate surface area is 142 Å². The maximum atomic E-state index is 12.5. The van der Waals surface area contributed by atoms with E-state index < -0.39 is 11.8 Å². The van der Waals surface area contributed by atoms with Crippen LogP contribution in [0.15, 0.2) is 0 Å². The van der Waals surface area contributed by atoms with Crippen molar-refractivity contribution in [2.45, 2.75) is 61.8 Å². The van der Waals surface area contributed by atoms with Crippen molar-refractivity contribution in [3.05, 3.63) is 0 Å². The largest absolute Gasteiger partial charge is 0.465 e. The molecular weight excluding hydrogens is 292 g/mol. The van der Waals surface area contributed by atoms with Crippen molar-refractivity contribution in [1.29, 1.82) is 0 Å². The lowest BCUT2D eigenvalue weighted by atomic mass is 9.79. The van der Waals surface area contributed by atoms with Gasteiger partial charge in [0, 0.05) is 0 Å². The fourth-order valence-corrected chi connectivity index (χ4v) is 2.50. The molecule has 136 valence electrons. The van der Waals surface area contributed by atoms with E-state index in [0.29, 0.717) is 25.6 Å². The predicted octanol–water partition coefficient (Wildman–Crippen LogP) is 4.32. The highest BCUT2D eigenvalue weighted by atomic mass is 16.5. The fraction of sp³-hybridized carbons (Fsp3) is 0.895. The third kappa shape index (κ3) is 8.97. The Balaban J connectivity index is 5.16. The number of rotatable bonds is 10. The van der Waals surface area contributed by atoms with Gasteiger partial charge in [-0.25, -0.2) is 0 Å². The SMILES string of the molecule is CC(C)COC(=O)C(CC(C)C)C(C(=O)OCC(C)C)C(C)C. The molecular formula is C19H36O4. The second-order valence-electron chi connectivity index (χ2n) is 8.05. The molecule has 0 N–H and O–H groups in total. The van der Waals surface area contributed by atoms with Gasteiger partial charge in [-0.3, -0.25) is 9.59 Å². The number of hydrogen-bond acceptors (Lipinski definition) is 4. The third-order valence-corrected chi connectivity index (χ3v) is 3.57. The lowest BCUT2D eigenvalue weighted by Crippen LogP contribution is -2.37. The smallest absolute Gasteiger partial charge is 0.310 e. The van der Waals surface area contributed by atoms with Crippen molar-refractivity contribution in [2.24, 2.45) is 35.5 Å². The van der Waals surface area contributed by atoms with Crippen molar-refractivity contribution >= 4 is 11.9 Å². The first kappa shape index (κ1) is 21.9. The number of hydrogen-bond donors (Lipinski definition) is 0. The van der Waals surface area contributed by atoms with Gasteiger partial charge in [0.25, 0.3) is 0 Å². The zero-order valence-corrected chi connectivity index (χ0v) is 16.2. The summed E-state index contributed by atoms with van der Waals surface area (Å²) in [6.07, 6.45) is 0.635. The van der Waals surface area contributed by atoms with Crippen molar-refractivity contribution in [1.82, 2.24) is 0 Å². The minimum atomic E-state index is -0.448. The fourth-order valence-electron chi connectivity index (χ4n) is 2.50. The molecule has 0 aromatic rings. The molecule has 0 aliphatic carbocycles. The zero-order chi connectivity index (χ0) is 18.2. The highest BCUT2D eigenvalue weighted by molar-refractivity contribution is 5.82. The van der Waals surface area contributed by atoms with Gasteiger partial charge in [-0.15, -0.1) is 0 Å². The Morgan fingerprint density at radius 2 is 1.13 bits per heavy atom. The molecule has 0 aliphatic rings. The minimum absolute atomic E-state index is 0.0324. The number of carbonyl (C=O) groups excluding carboxylic acids is 2. The van der Waals surface area contributed by atoms with E-state index in [9.17, 15) is 9.59 Å². The van der Waals surface area contributed by atoms with Gasteiger partial charge in [0.1, 0.15) is 0 Å². The van der Waals surface area contributed by atoms with Crippen molar-refractivity contribution < 1.29 is 19.1 Å². The van der Waals surface area contributed by atoms with Crippen molar-refractivity contribution in [3.63, 3.8) is 0 Å². The first-order chi connectivity index (χ1) is 10.6. The quantitative estimate of drug-likeness (QED) is 0.560. The van der Waals surface area contributed by atoms with E-state index in [1.54, 1.807) is 0 Å². The molecule has 2 atom stereocenters. The number of esters is 2. The average molecular weight is 328 g/mol. The molecule has 0 aromatic carbocycles. The highest BCUT2D eigenvalue weighted by Crippen LogP contribution is 2.30. The van der Waals surface area contributed by atoms with Gasteiger partial charge in [0.05, 0.1) is 25.0 Å². The summed E-state index contributed by atoms with van der Waals surface area (Å²) in [5.41, 5.74) is 0. The molecule has 4 nitrogen and oxygen atoms in total. The Morgan fingerprint density at radius 1 is 0.696 bits per heavy atom. The summed E-state index contributed by atoms with van der Waals surface area (Å²) in [6.45, 7) is 16.8. The lowest BCUT2D eigenvalue weighted by Gasteiger charge is -2.28. The Hall–Kier alpha value is -1.06. The summed E-state index contributed by atoms with van der Waals surface area (Å²) >= 11 is 0. The molecule has 0 amide bonds. The Morgan fingerprint density at radius 3 is 1.48 bits per heavy atom. The van der Waals surface area contributed by atoms with Crippen LogP contribution < -0.4 is 0 Å². The molecule has 0 saturated heterocycles. The van der Waals surface area contributed by atoms with E-state index in [2.05, 4.69) is 13.8 Å². The lowest BCUT2D eigenvalue weighted by molar-refractivity contribution is -0.164. The van der Waals surface area contributed by atoms with Crippen LogP contribution in [-0.4, -0.2) is 25.2 Å². The topological polar surface area (TPSA) is 52.6 Å². The molecule has 0 bridgehead atoms. The van der Waals surface area contributed by atoms with E-state index in [-0.39, 0.29) is 29.7 Å². The molecule has 4 heteroatoms. The van der Waals surface area contributed by atoms with Crippen LogP contribution in [-0.2, 0) is 19.1 Å². The van der Waals surface area contributed by atoms with Crippen LogP contribution in [0, 0.1) is 35.5 Å². The maximum Gasteiger partial charge on any atom is 0.310 e. The normalized spacial score (nSPS) is 14.4. The van der Waals surface area contributed by atoms with E-state index in [4.69, 9.17) is 9.47 Å². The summed E-state index contributed by atoms with van der Waals surface area (Å²) in [5.74, 6) is -0.527. The molecule has 0 aromatic heterocycles. The van der Waals surface area contributed by atoms with E-state index >= 15 is 0 Å². The molecule has 0 fully saturated rings. The standard InChI is InChI=1S/C19H36O4/c1-12(2)9-16(18(20)22-10-13(3)4)17(15(7)8)19(21)23-11-14(5)6/h12-17H,9-11H2,1-8H3. The highest BCUT2D eigenvalue weighted by Gasteiger charge is 2.38. The second kappa shape index (κ2) is 10.7. The zero-order valence-electron chi connectivity index (χ0n) is 16.2. The summed E-state index contributed by atoms with van der Waals surface area (Å²) in [6, 6.07) is 0. The Bertz CT molecular complexity index is 358. The van der Waals surface area contributed by atoms with Crippen LogP contribution in [0.3, 0.4) is 0 Å². The molecule has 0 aliphatic heterocycles. The Kier molecular flexibility index (Phi) is 10.2. The summed E-state index contributed by atoms with van der Waals surface area (Å²) < 4.78 is 10.8. The summed E-state index contributed by atoms with van der Waals surface area (Å²) in [4.78, 5) is 25.1. The first-order valence-corrected chi connectivity index (χ1v) is 8.89.